The fraction of sp³-hybridized carbons (Fsp3) is 0.909. The Labute approximate surface area is 107 Å². The first kappa shape index (κ1) is 12.8. The van der Waals surface area contributed by atoms with Crippen LogP contribution in [0.1, 0.15) is 38.4 Å². The van der Waals surface area contributed by atoms with Crippen LogP contribution in [0.2, 0.25) is 0 Å². The second-order valence-electron chi connectivity index (χ2n) is 5.16. The van der Waals surface area contributed by atoms with Crippen molar-refractivity contribution in [3.05, 3.63) is 5.82 Å². The molecule has 0 aromatic carbocycles. The highest BCUT2D eigenvalue weighted by Crippen LogP contribution is 2.33. The van der Waals surface area contributed by atoms with Crippen molar-refractivity contribution in [1.29, 1.82) is 0 Å². The summed E-state index contributed by atoms with van der Waals surface area (Å²) in [7, 11) is 1.77. The molecule has 0 spiro atoms. The zero-order chi connectivity index (χ0) is 12.3. The predicted octanol–water partition coefficient (Wildman–Crippen LogP) is 1.49. The van der Waals surface area contributed by atoms with Gasteiger partial charge < -0.3 is 5.32 Å². The third-order valence-electron chi connectivity index (χ3n) is 3.52. The molecule has 0 amide bonds. The van der Waals surface area contributed by atoms with Gasteiger partial charge in [0.05, 0.1) is 13.6 Å². The third kappa shape index (κ3) is 3.16. The van der Waals surface area contributed by atoms with Crippen LogP contribution in [0.4, 0.5) is 0 Å². The summed E-state index contributed by atoms with van der Waals surface area (Å²) in [5.74, 6) is 2.12. The molecule has 0 radical (unpaired) electrons. The molecule has 0 bridgehead atoms. The minimum Gasteiger partial charge on any atom is -0.303 e. The molecule has 96 valence electrons. The van der Waals surface area contributed by atoms with Gasteiger partial charge in [0.15, 0.2) is 5.82 Å². The minimum absolute atomic E-state index is 0.0540. The van der Waals surface area contributed by atoms with Gasteiger partial charge in [0.25, 0.3) is 0 Å². The van der Waals surface area contributed by atoms with Crippen LogP contribution in [0.15, 0.2) is 0 Å². The predicted molar refractivity (Wildman–Crippen MR) is 66.7 cm³/mol. The van der Waals surface area contributed by atoms with Gasteiger partial charge >= 0.3 is 0 Å². The standard InChI is InChI=1S/C11H20ClN5/c1-9-4-3-5-11(6-9,8-12)13-7-10-14-16-17(2)15-10/h9,13H,3-8H2,1-2H3. The number of hydrogen-bond donors (Lipinski definition) is 1. The van der Waals surface area contributed by atoms with Gasteiger partial charge in [0.2, 0.25) is 0 Å². The molecule has 1 saturated carbocycles. The number of hydrogen-bond acceptors (Lipinski definition) is 4. The van der Waals surface area contributed by atoms with Crippen LogP contribution in [0, 0.1) is 5.92 Å². The van der Waals surface area contributed by atoms with Gasteiger partial charge in [-0.25, -0.2) is 0 Å². The molecule has 1 aromatic rings. The molecule has 0 aliphatic heterocycles. The maximum absolute atomic E-state index is 6.15. The second-order valence-corrected chi connectivity index (χ2v) is 5.43. The Morgan fingerprint density at radius 1 is 1.59 bits per heavy atom. The maximum atomic E-state index is 6.15. The normalized spacial score (nSPS) is 29.5. The average molecular weight is 258 g/mol. The first-order valence-electron chi connectivity index (χ1n) is 6.17. The zero-order valence-electron chi connectivity index (χ0n) is 10.5. The van der Waals surface area contributed by atoms with E-state index in [0.29, 0.717) is 12.4 Å². The van der Waals surface area contributed by atoms with Gasteiger partial charge in [-0.15, -0.1) is 21.8 Å². The number of halogens is 1. The quantitative estimate of drug-likeness (QED) is 0.831. The Balaban J connectivity index is 1.94. The van der Waals surface area contributed by atoms with Crippen molar-refractivity contribution >= 4 is 11.6 Å². The van der Waals surface area contributed by atoms with E-state index < -0.39 is 0 Å². The van der Waals surface area contributed by atoms with Gasteiger partial charge in [-0.05, 0) is 24.0 Å². The number of aryl methyl sites for hydroxylation is 1. The molecule has 17 heavy (non-hydrogen) atoms. The lowest BCUT2D eigenvalue weighted by molar-refractivity contribution is 0.206. The Morgan fingerprint density at radius 3 is 3.00 bits per heavy atom. The number of tetrazole rings is 1. The molecule has 1 fully saturated rings. The first-order valence-corrected chi connectivity index (χ1v) is 6.71. The van der Waals surface area contributed by atoms with E-state index in [4.69, 9.17) is 11.6 Å². The van der Waals surface area contributed by atoms with Gasteiger partial charge in [-0.3, -0.25) is 0 Å². The van der Waals surface area contributed by atoms with Crippen molar-refractivity contribution in [1.82, 2.24) is 25.5 Å². The van der Waals surface area contributed by atoms with E-state index in [0.717, 1.165) is 24.6 Å². The number of alkyl halides is 1. The first-order chi connectivity index (χ1) is 8.13. The highest BCUT2D eigenvalue weighted by Gasteiger charge is 2.33. The van der Waals surface area contributed by atoms with E-state index in [9.17, 15) is 0 Å². The van der Waals surface area contributed by atoms with E-state index in [-0.39, 0.29) is 5.54 Å². The molecular weight excluding hydrogens is 238 g/mol. The molecule has 1 aliphatic carbocycles. The molecule has 6 heteroatoms. The topological polar surface area (TPSA) is 55.6 Å². The molecule has 2 unspecified atom stereocenters. The Morgan fingerprint density at radius 2 is 2.41 bits per heavy atom. The van der Waals surface area contributed by atoms with Crippen molar-refractivity contribution in [3.8, 4) is 0 Å². The van der Waals surface area contributed by atoms with Gasteiger partial charge in [-0.2, -0.15) is 4.80 Å². The molecule has 1 aliphatic rings. The van der Waals surface area contributed by atoms with Crippen molar-refractivity contribution in [2.24, 2.45) is 13.0 Å². The summed E-state index contributed by atoms with van der Waals surface area (Å²) in [6, 6.07) is 0. The van der Waals surface area contributed by atoms with E-state index in [1.165, 1.54) is 17.6 Å². The fourth-order valence-corrected chi connectivity index (χ4v) is 2.99. The lowest BCUT2D eigenvalue weighted by Gasteiger charge is -2.39. The zero-order valence-corrected chi connectivity index (χ0v) is 11.2. The summed E-state index contributed by atoms with van der Waals surface area (Å²) in [4.78, 5) is 1.48. The molecule has 1 N–H and O–H groups in total. The van der Waals surface area contributed by atoms with Crippen molar-refractivity contribution < 1.29 is 0 Å². The van der Waals surface area contributed by atoms with E-state index in [1.807, 2.05) is 0 Å². The van der Waals surface area contributed by atoms with Crippen LogP contribution in [0.25, 0.3) is 0 Å². The molecule has 1 aromatic heterocycles. The van der Waals surface area contributed by atoms with Crippen molar-refractivity contribution in [3.63, 3.8) is 0 Å². The van der Waals surface area contributed by atoms with Crippen LogP contribution in [0.5, 0.6) is 0 Å². The molecule has 2 atom stereocenters. The van der Waals surface area contributed by atoms with E-state index in [1.54, 1.807) is 7.05 Å². The summed E-state index contributed by atoms with van der Waals surface area (Å²) in [5, 5.41) is 15.5. The molecule has 1 heterocycles. The highest BCUT2D eigenvalue weighted by molar-refractivity contribution is 6.18. The maximum Gasteiger partial charge on any atom is 0.188 e. The van der Waals surface area contributed by atoms with Gasteiger partial charge in [0, 0.05) is 11.4 Å². The van der Waals surface area contributed by atoms with E-state index in [2.05, 4.69) is 27.7 Å². The summed E-state index contributed by atoms with van der Waals surface area (Å²) < 4.78 is 0. The van der Waals surface area contributed by atoms with Crippen LogP contribution in [-0.2, 0) is 13.6 Å². The smallest absolute Gasteiger partial charge is 0.188 e. The van der Waals surface area contributed by atoms with Crippen LogP contribution in [-0.4, -0.2) is 31.6 Å². The molecular formula is C11H20ClN5. The molecule has 2 rings (SSSR count). The van der Waals surface area contributed by atoms with Gasteiger partial charge in [-0.1, -0.05) is 19.8 Å². The number of rotatable bonds is 4. The summed E-state index contributed by atoms with van der Waals surface area (Å²) in [6.45, 7) is 2.94. The molecule has 5 nitrogen and oxygen atoms in total. The average Bonchev–Trinajstić information content (AvgIpc) is 2.73. The largest absolute Gasteiger partial charge is 0.303 e. The highest BCUT2D eigenvalue weighted by atomic mass is 35.5. The lowest BCUT2D eigenvalue weighted by atomic mass is 9.77. The van der Waals surface area contributed by atoms with Crippen molar-refractivity contribution in [2.75, 3.05) is 5.88 Å². The Hall–Kier alpha value is -0.680. The number of nitrogens with one attached hydrogen (secondary N) is 1. The Kier molecular flexibility index (Phi) is 3.99. The minimum atomic E-state index is 0.0540. The fourth-order valence-electron chi connectivity index (χ4n) is 2.65. The number of aromatic nitrogens is 4. The molecule has 0 saturated heterocycles. The number of nitrogens with zero attached hydrogens (tertiary/aromatic N) is 4. The van der Waals surface area contributed by atoms with Crippen molar-refractivity contribution in [2.45, 2.75) is 44.7 Å². The van der Waals surface area contributed by atoms with Gasteiger partial charge in [0.1, 0.15) is 0 Å². The monoisotopic (exact) mass is 257 g/mol. The Bertz CT molecular complexity index is 366. The summed E-state index contributed by atoms with van der Waals surface area (Å²) in [6.07, 6.45) is 4.83. The lowest BCUT2D eigenvalue weighted by Crippen LogP contribution is -2.49. The van der Waals surface area contributed by atoms with E-state index >= 15 is 0 Å². The van der Waals surface area contributed by atoms with Crippen LogP contribution in [0.3, 0.4) is 0 Å². The SMILES string of the molecule is CC1CCCC(CCl)(NCc2nnn(C)n2)C1. The van der Waals surface area contributed by atoms with Crippen LogP contribution < -0.4 is 5.32 Å². The summed E-state index contributed by atoms with van der Waals surface area (Å²) >= 11 is 6.15. The second kappa shape index (κ2) is 5.31. The van der Waals surface area contributed by atoms with Crippen LogP contribution >= 0.6 is 11.6 Å². The summed E-state index contributed by atoms with van der Waals surface area (Å²) in [5.41, 5.74) is 0.0540. The third-order valence-corrected chi connectivity index (χ3v) is 4.03.